The van der Waals surface area contributed by atoms with Gasteiger partial charge in [0.25, 0.3) is 0 Å². The third-order valence-corrected chi connectivity index (χ3v) is 3.05. The van der Waals surface area contributed by atoms with Crippen LogP contribution in [0.1, 0.15) is 25.1 Å². The van der Waals surface area contributed by atoms with E-state index in [1.807, 2.05) is 25.1 Å². The number of nitrogens with one attached hydrogen (secondary N) is 1. The van der Waals surface area contributed by atoms with Crippen LogP contribution < -0.4 is 5.32 Å². The molecule has 0 spiro atoms. The summed E-state index contributed by atoms with van der Waals surface area (Å²) in [5.74, 6) is 1.41. The van der Waals surface area contributed by atoms with Crippen molar-refractivity contribution in [2.75, 3.05) is 19.0 Å². The molecule has 1 aromatic heterocycles. The zero-order valence-corrected chi connectivity index (χ0v) is 12.0. The van der Waals surface area contributed by atoms with Crippen LogP contribution in [0.25, 0.3) is 0 Å². The molecule has 1 atom stereocenters. The fourth-order valence-electron chi connectivity index (χ4n) is 1.84. The van der Waals surface area contributed by atoms with Crippen LogP contribution in [-0.4, -0.2) is 29.9 Å². The molecule has 0 aliphatic heterocycles. The highest BCUT2D eigenvalue weighted by molar-refractivity contribution is 5.42. The second kappa shape index (κ2) is 7.65. The fourth-order valence-corrected chi connectivity index (χ4v) is 1.84. The molecular formula is C15H21N3O2. The summed E-state index contributed by atoms with van der Waals surface area (Å²) >= 11 is 0. The van der Waals surface area contributed by atoms with Crippen molar-refractivity contribution in [3.8, 4) is 0 Å². The number of benzene rings is 1. The van der Waals surface area contributed by atoms with Crippen molar-refractivity contribution in [1.29, 1.82) is 0 Å². The van der Waals surface area contributed by atoms with Crippen LogP contribution in [0.3, 0.4) is 0 Å². The van der Waals surface area contributed by atoms with Gasteiger partial charge in [-0.2, -0.15) is 4.98 Å². The van der Waals surface area contributed by atoms with Crippen molar-refractivity contribution in [3.05, 3.63) is 42.0 Å². The van der Waals surface area contributed by atoms with Crippen molar-refractivity contribution in [2.24, 2.45) is 0 Å². The summed E-state index contributed by atoms with van der Waals surface area (Å²) < 4.78 is 10.4. The Bertz CT molecular complexity index is 499. The van der Waals surface area contributed by atoms with Gasteiger partial charge in [0, 0.05) is 32.2 Å². The second-order valence-corrected chi connectivity index (χ2v) is 4.75. The van der Waals surface area contributed by atoms with E-state index in [0.717, 1.165) is 25.1 Å². The normalized spacial score (nSPS) is 12.3. The number of ether oxygens (including phenoxy) is 1. The maximum Gasteiger partial charge on any atom is 0.226 e. The summed E-state index contributed by atoms with van der Waals surface area (Å²) in [6.07, 6.45) is 2.53. The Labute approximate surface area is 119 Å². The van der Waals surface area contributed by atoms with Crippen LogP contribution in [0, 0.1) is 0 Å². The molecular weight excluding hydrogens is 254 g/mol. The van der Waals surface area contributed by atoms with E-state index in [9.17, 15) is 0 Å². The van der Waals surface area contributed by atoms with E-state index < -0.39 is 0 Å². The molecule has 1 aromatic carbocycles. The molecule has 0 bridgehead atoms. The summed E-state index contributed by atoms with van der Waals surface area (Å²) in [5, 5.41) is 7.31. The zero-order chi connectivity index (χ0) is 14.2. The Kier molecular flexibility index (Phi) is 5.55. The van der Waals surface area contributed by atoms with Gasteiger partial charge in [-0.05, 0) is 25.5 Å². The van der Waals surface area contributed by atoms with Gasteiger partial charge in [0.15, 0.2) is 5.82 Å². The fraction of sp³-hybridized carbons (Fsp3) is 0.467. The first-order valence-electron chi connectivity index (χ1n) is 6.91. The summed E-state index contributed by atoms with van der Waals surface area (Å²) in [7, 11) is 1.68. The maximum atomic E-state index is 5.22. The van der Waals surface area contributed by atoms with E-state index in [0.29, 0.717) is 18.1 Å². The first kappa shape index (κ1) is 14.5. The molecule has 1 unspecified atom stereocenters. The van der Waals surface area contributed by atoms with Gasteiger partial charge in [-0.1, -0.05) is 23.4 Å². The van der Waals surface area contributed by atoms with E-state index in [1.54, 1.807) is 7.11 Å². The van der Waals surface area contributed by atoms with E-state index in [2.05, 4.69) is 27.6 Å². The lowest BCUT2D eigenvalue weighted by Gasteiger charge is -2.04. The van der Waals surface area contributed by atoms with Crippen LogP contribution in [0.5, 0.6) is 0 Å². The lowest BCUT2D eigenvalue weighted by atomic mass is 10.2. The zero-order valence-electron chi connectivity index (χ0n) is 12.0. The van der Waals surface area contributed by atoms with Crippen LogP contribution >= 0.6 is 0 Å². The predicted octanol–water partition coefficient (Wildman–Crippen LogP) is 2.69. The monoisotopic (exact) mass is 275 g/mol. The van der Waals surface area contributed by atoms with Crippen LogP contribution in [0.2, 0.25) is 0 Å². The van der Waals surface area contributed by atoms with Gasteiger partial charge in [-0.25, -0.2) is 0 Å². The molecule has 108 valence electrons. The van der Waals surface area contributed by atoms with Gasteiger partial charge in [-0.15, -0.1) is 0 Å². The third-order valence-electron chi connectivity index (χ3n) is 3.05. The molecule has 1 heterocycles. The summed E-state index contributed by atoms with van der Waals surface area (Å²) in [5.41, 5.74) is 1.13. The number of hydrogen-bond donors (Lipinski definition) is 1. The second-order valence-electron chi connectivity index (χ2n) is 4.75. The average Bonchev–Trinajstić information content (AvgIpc) is 2.92. The van der Waals surface area contributed by atoms with Crippen molar-refractivity contribution in [2.45, 2.75) is 32.3 Å². The third kappa shape index (κ3) is 4.66. The Morgan fingerprint density at radius 1 is 1.30 bits per heavy atom. The number of rotatable bonds is 8. The number of hydrogen-bond acceptors (Lipinski definition) is 5. The van der Waals surface area contributed by atoms with Gasteiger partial charge < -0.3 is 14.6 Å². The number of aromatic nitrogens is 2. The highest BCUT2D eigenvalue weighted by Crippen LogP contribution is 2.07. The molecule has 0 radical (unpaired) electrons. The first-order chi connectivity index (χ1) is 9.78. The molecule has 1 N–H and O–H groups in total. The molecule has 0 saturated heterocycles. The van der Waals surface area contributed by atoms with E-state index in [-0.39, 0.29) is 6.10 Å². The minimum atomic E-state index is 0.111. The topological polar surface area (TPSA) is 60.2 Å². The lowest BCUT2D eigenvalue weighted by Crippen LogP contribution is -2.09. The number of para-hydroxylation sites is 1. The molecule has 0 amide bonds. The molecule has 20 heavy (non-hydrogen) atoms. The van der Waals surface area contributed by atoms with Gasteiger partial charge in [0.05, 0.1) is 6.10 Å². The molecule has 0 aliphatic rings. The van der Waals surface area contributed by atoms with Crippen LogP contribution in [0.4, 0.5) is 5.69 Å². The minimum absolute atomic E-state index is 0.111. The van der Waals surface area contributed by atoms with Gasteiger partial charge in [0.1, 0.15) is 0 Å². The predicted molar refractivity (Wildman–Crippen MR) is 77.7 cm³/mol. The van der Waals surface area contributed by atoms with Gasteiger partial charge in [0.2, 0.25) is 5.89 Å². The molecule has 0 saturated carbocycles. The van der Waals surface area contributed by atoms with E-state index in [1.165, 1.54) is 0 Å². The Morgan fingerprint density at radius 2 is 2.10 bits per heavy atom. The SMILES string of the molecule is COC(C)Cc1noc(CCCNc2ccccc2)n1. The quantitative estimate of drug-likeness (QED) is 0.751. The summed E-state index contributed by atoms with van der Waals surface area (Å²) in [6.45, 7) is 2.87. The van der Waals surface area contributed by atoms with Crippen LogP contribution in [0.15, 0.2) is 34.9 Å². The van der Waals surface area contributed by atoms with Crippen LogP contribution in [-0.2, 0) is 17.6 Å². The minimum Gasteiger partial charge on any atom is -0.385 e. The standard InChI is InChI=1S/C15H21N3O2/c1-12(19-2)11-14-17-15(20-18-14)9-6-10-16-13-7-4-3-5-8-13/h3-5,7-8,12,16H,6,9-11H2,1-2H3. The summed E-state index contributed by atoms with van der Waals surface area (Å²) in [6, 6.07) is 10.1. The highest BCUT2D eigenvalue weighted by Gasteiger charge is 2.09. The lowest BCUT2D eigenvalue weighted by molar-refractivity contribution is 0.116. The molecule has 5 nitrogen and oxygen atoms in total. The Morgan fingerprint density at radius 3 is 2.85 bits per heavy atom. The number of anilines is 1. The smallest absolute Gasteiger partial charge is 0.226 e. The molecule has 2 aromatic rings. The molecule has 0 fully saturated rings. The van der Waals surface area contributed by atoms with Gasteiger partial charge in [-0.3, -0.25) is 0 Å². The van der Waals surface area contributed by atoms with Crippen molar-refractivity contribution < 1.29 is 9.26 Å². The van der Waals surface area contributed by atoms with Crippen molar-refractivity contribution in [3.63, 3.8) is 0 Å². The Balaban J connectivity index is 1.69. The van der Waals surface area contributed by atoms with Crippen molar-refractivity contribution >= 4 is 5.69 Å². The Hall–Kier alpha value is -1.88. The summed E-state index contributed by atoms with van der Waals surface area (Å²) in [4.78, 5) is 4.36. The van der Waals surface area contributed by atoms with Gasteiger partial charge >= 0.3 is 0 Å². The van der Waals surface area contributed by atoms with E-state index in [4.69, 9.17) is 9.26 Å². The maximum absolute atomic E-state index is 5.22. The average molecular weight is 275 g/mol. The molecule has 5 heteroatoms. The molecule has 2 rings (SSSR count). The van der Waals surface area contributed by atoms with Crippen molar-refractivity contribution in [1.82, 2.24) is 10.1 Å². The number of nitrogens with zero attached hydrogens (tertiary/aromatic N) is 2. The highest BCUT2D eigenvalue weighted by atomic mass is 16.5. The first-order valence-corrected chi connectivity index (χ1v) is 6.91. The largest absolute Gasteiger partial charge is 0.385 e. The molecule has 0 aliphatic carbocycles. The number of methoxy groups -OCH3 is 1. The van der Waals surface area contributed by atoms with E-state index >= 15 is 0 Å². The number of aryl methyl sites for hydroxylation is 1.